The van der Waals surface area contributed by atoms with Gasteiger partial charge in [0.2, 0.25) is 0 Å². The van der Waals surface area contributed by atoms with Crippen molar-refractivity contribution in [2.45, 2.75) is 52.2 Å². The quantitative estimate of drug-likeness (QED) is 0.545. The molecule has 90 valence electrons. The fourth-order valence-electron chi connectivity index (χ4n) is 1.40. The van der Waals surface area contributed by atoms with E-state index in [0.717, 1.165) is 0 Å². The smallest absolute Gasteiger partial charge is 0.158 e. The monoisotopic (exact) mass is 226 g/mol. The summed E-state index contributed by atoms with van der Waals surface area (Å²) in [6, 6.07) is 0. The number of Topliss-reactive ketones (excluding diaryl/α,β-unsaturated/α-hetero) is 1. The van der Waals surface area contributed by atoms with Crippen molar-refractivity contribution in [1.82, 2.24) is 0 Å². The van der Waals surface area contributed by atoms with Gasteiger partial charge < -0.3 is 0 Å². The van der Waals surface area contributed by atoms with Crippen LogP contribution in [0.3, 0.4) is 0 Å². The van der Waals surface area contributed by atoms with Crippen LogP contribution in [0.25, 0.3) is 0 Å². The lowest BCUT2D eigenvalue weighted by atomic mass is 9.93. The summed E-state index contributed by atoms with van der Waals surface area (Å²) >= 11 is 0. The predicted octanol–water partition coefficient (Wildman–Crippen LogP) is 1.98. The van der Waals surface area contributed by atoms with Gasteiger partial charge in [-0.2, -0.15) is 0 Å². The Hall–Kier alpha value is -1.00. The SMILES string of the molecule is CC(=O)C1=CC(=O)CCC1OOC(C)(C)C. The maximum absolute atomic E-state index is 11.3. The molecule has 1 rings (SSSR count). The molecule has 0 aromatic rings. The molecule has 1 unspecified atom stereocenters. The van der Waals surface area contributed by atoms with Crippen LogP contribution in [0.5, 0.6) is 0 Å². The maximum Gasteiger partial charge on any atom is 0.158 e. The molecule has 0 radical (unpaired) electrons. The van der Waals surface area contributed by atoms with E-state index in [-0.39, 0.29) is 11.6 Å². The van der Waals surface area contributed by atoms with Gasteiger partial charge in [0.25, 0.3) is 0 Å². The van der Waals surface area contributed by atoms with Crippen LogP contribution in [0.4, 0.5) is 0 Å². The van der Waals surface area contributed by atoms with Gasteiger partial charge in [0, 0.05) is 12.0 Å². The summed E-state index contributed by atoms with van der Waals surface area (Å²) in [5.41, 5.74) is -0.0240. The van der Waals surface area contributed by atoms with Gasteiger partial charge in [0.05, 0.1) is 5.60 Å². The lowest BCUT2D eigenvalue weighted by Crippen LogP contribution is -2.30. The van der Waals surface area contributed by atoms with Crippen LogP contribution in [0.1, 0.15) is 40.5 Å². The summed E-state index contributed by atoms with van der Waals surface area (Å²) in [5.74, 6) is -0.170. The molecular weight excluding hydrogens is 208 g/mol. The van der Waals surface area contributed by atoms with Crippen molar-refractivity contribution in [2.24, 2.45) is 0 Å². The Morgan fingerprint density at radius 3 is 2.56 bits per heavy atom. The second kappa shape index (κ2) is 4.89. The maximum atomic E-state index is 11.3. The fourth-order valence-corrected chi connectivity index (χ4v) is 1.40. The molecule has 0 fully saturated rings. The minimum atomic E-state index is -0.427. The Bertz CT molecular complexity index is 322. The normalized spacial score (nSPS) is 21.9. The topological polar surface area (TPSA) is 52.6 Å². The van der Waals surface area contributed by atoms with Gasteiger partial charge in [-0.25, -0.2) is 9.78 Å². The first-order valence-electron chi connectivity index (χ1n) is 5.39. The first kappa shape index (κ1) is 13.1. The third-order valence-electron chi connectivity index (χ3n) is 2.14. The second-order valence-electron chi connectivity index (χ2n) is 4.94. The summed E-state index contributed by atoms with van der Waals surface area (Å²) in [4.78, 5) is 32.9. The summed E-state index contributed by atoms with van der Waals surface area (Å²) in [6.45, 7) is 7.01. The molecule has 0 saturated heterocycles. The Morgan fingerprint density at radius 1 is 1.44 bits per heavy atom. The largest absolute Gasteiger partial charge is 0.295 e. The Labute approximate surface area is 95.5 Å². The molecule has 0 amide bonds. The second-order valence-corrected chi connectivity index (χ2v) is 4.94. The van der Waals surface area contributed by atoms with Crippen molar-refractivity contribution in [3.05, 3.63) is 11.6 Å². The number of carbonyl (C=O) groups excluding carboxylic acids is 2. The van der Waals surface area contributed by atoms with E-state index in [0.29, 0.717) is 18.4 Å². The molecule has 0 aromatic carbocycles. The molecule has 4 nitrogen and oxygen atoms in total. The summed E-state index contributed by atoms with van der Waals surface area (Å²) in [6.07, 6.45) is 1.84. The predicted molar refractivity (Wildman–Crippen MR) is 58.7 cm³/mol. The zero-order valence-corrected chi connectivity index (χ0v) is 10.2. The lowest BCUT2D eigenvalue weighted by molar-refractivity contribution is -0.366. The minimum Gasteiger partial charge on any atom is -0.295 e. The van der Waals surface area contributed by atoms with Crippen LogP contribution in [-0.2, 0) is 19.4 Å². The molecule has 0 aliphatic heterocycles. The van der Waals surface area contributed by atoms with E-state index in [4.69, 9.17) is 9.78 Å². The molecule has 0 bridgehead atoms. The van der Waals surface area contributed by atoms with Gasteiger partial charge in [-0.3, -0.25) is 9.59 Å². The van der Waals surface area contributed by atoms with Gasteiger partial charge in [-0.05, 0) is 40.2 Å². The average Bonchev–Trinajstić information content (AvgIpc) is 2.14. The Kier molecular flexibility index (Phi) is 3.99. The van der Waals surface area contributed by atoms with Crippen molar-refractivity contribution in [3.63, 3.8) is 0 Å². The first-order valence-corrected chi connectivity index (χ1v) is 5.39. The van der Waals surface area contributed by atoms with Crippen LogP contribution in [0.2, 0.25) is 0 Å². The molecule has 0 heterocycles. The molecular formula is C12H18O4. The van der Waals surface area contributed by atoms with E-state index in [9.17, 15) is 9.59 Å². The highest BCUT2D eigenvalue weighted by atomic mass is 17.2. The van der Waals surface area contributed by atoms with Crippen LogP contribution in [0, 0.1) is 0 Å². The molecule has 0 aromatic heterocycles. The number of ketones is 2. The van der Waals surface area contributed by atoms with E-state index < -0.39 is 11.7 Å². The van der Waals surface area contributed by atoms with E-state index in [2.05, 4.69) is 0 Å². The van der Waals surface area contributed by atoms with Crippen molar-refractivity contribution >= 4 is 11.6 Å². The van der Waals surface area contributed by atoms with Crippen LogP contribution in [0.15, 0.2) is 11.6 Å². The number of carbonyl (C=O) groups is 2. The zero-order chi connectivity index (χ0) is 12.3. The van der Waals surface area contributed by atoms with Gasteiger partial charge in [-0.15, -0.1) is 0 Å². The van der Waals surface area contributed by atoms with Crippen LogP contribution < -0.4 is 0 Å². The van der Waals surface area contributed by atoms with Gasteiger partial charge in [0.15, 0.2) is 11.6 Å². The molecule has 1 aliphatic carbocycles. The highest BCUT2D eigenvalue weighted by Gasteiger charge is 2.27. The highest BCUT2D eigenvalue weighted by Crippen LogP contribution is 2.22. The third-order valence-corrected chi connectivity index (χ3v) is 2.14. The van der Waals surface area contributed by atoms with Crippen molar-refractivity contribution < 1.29 is 19.4 Å². The zero-order valence-electron chi connectivity index (χ0n) is 10.2. The average molecular weight is 226 g/mol. The van der Waals surface area contributed by atoms with E-state index >= 15 is 0 Å². The highest BCUT2D eigenvalue weighted by molar-refractivity contribution is 6.03. The molecule has 0 N–H and O–H groups in total. The third kappa shape index (κ3) is 3.87. The molecule has 16 heavy (non-hydrogen) atoms. The number of hydrogen-bond donors (Lipinski definition) is 0. The Morgan fingerprint density at radius 2 is 2.06 bits per heavy atom. The lowest BCUT2D eigenvalue weighted by Gasteiger charge is -2.25. The Balaban J connectivity index is 2.69. The molecule has 1 aliphatic rings. The number of hydrogen-bond acceptors (Lipinski definition) is 4. The molecule has 0 spiro atoms. The molecule has 0 saturated carbocycles. The van der Waals surface area contributed by atoms with Crippen LogP contribution >= 0.6 is 0 Å². The standard InChI is InChI=1S/C12H18O4/c1-8(13)10-7-9(14)5-6-11(10)15-16-12(2,3)4/h7,11H,5-6H2,1-4H3. The molecule has 1 atom stereocenters. The van der Waals surface area contributed by atoms with E-state index in [1.807, 2.05) is 20.8 Å². The summed E-state index contributed by atoms with van der Waals surface area (Å²) in [7, 11) is 0. The summed E-state index contributed by atoms with van der Waals surface area (Å²) < 4.78 is 0. The van der Waals surface area contributed by atoms with Crippen molar-refractivity contribution in [2.75, 3.05) is 0 Å². The van der Waals surface area contributed by atoms with Crippen LogP contribution in [-0.4, -0.2) is 23.3 Å². The van der Waals surface area contributed by atoms with Crippen molar-refractivity contribution in [3.8, 4) is 0 Å². The number of allylic oxidation sites excluding steroid dienone is 1. The molecule has 4 heteroatoms. The fraction of sp³-hybridized carbons (Fsp3) is 0.667. The minimum absolute atomic E-state index is 0.0270. The first-order chi connectivity index (χ1) is 7.29. The number of rotatable bonds is 3. The van der Waals surface area contributed by atoms with E-state index in [1.54, 1.807) is 0 Å². The van der Waals surface area contributed by atoms with E-state index in [1.165, 1.54) is 13.0 Å². The van der Waals surface area contributed by atoms with Gasteiger partial charge >= 0.3 is 0 Å². The van der Waals surface area contributed by atoms with Gasteiger partial charge in [0.1, 0.15) is 6.10 Å². The van der Waals surface area contributed by atoms with Gasteiger partial charge in [-0.1, -0.05) is 0 Å². The van der Waals surface area contributed by atoms with Crippen molar-refractivity contribution in [1.29, 1.82) is 0 Å². The summed E-state index contributed by atoms with van der Waals surface area (Å²) in [5, 5.41) is 0.